The van der Waals surface area contributed by atoms with Crippen molar-refractivity contribution in [1.82, 2.24) is 9.97 Å². The predicted molar refractivity (Wildman–Crippen MR) is 71.1 cm³/mol. The number of nitrogens with zero attached hydrogens (tertiary/aromatic N) is 3. The summed E-state index contributed by atoms with van der Waals surface area (Å²) in [6.45, 7) is 2.00. The van der Waals surface area contributed by atoms with Gasteiger partial charge >= 0.3 is 0 Å². The molecule has 2 rings (SSSR count). The zero-order valence-electron chi connectivity index (χ0n) is 10.8. The van der Waals surface area contributed by atoms with Crippen molar-refractivity contribution in [3.8, 4) is 0 Å². The molecule has 0 unspecified atom stereocenters. The number of nitrogen functional groups attached to an aromatic ring is 1. The molecule has 1 aromatic heterocycles. The Balaban J connectivity index is 2.17. The van der Waals surface area contributed by atoms with Crippen LogP contribution < -0.4 is 10.6 Å². The third kappa shape index (κ3) is 2.68. The van der Waals surface area contributed by atoms with Crippen molar-refractivity contribution in [3.63, 3.8) is 0 Å². The van der Waals surface area contributed by atoms with Gasteiger partial charge in [-0.15, -0.1) is 0 Å². The summed E-state index contributed by atoms with van der Waals surface area (Å²) in [5.74, 6) is 1.58. The van der Waals surface area contributed by atoms with E-state index >= 15 is 0 Å². The van der Waals surface area contributed by atoms with Gasteiger partial charge in [0.2, 0.25) is 0 Å². The van der Waals surface area contributed by atoms with Crippen LogP contribution in [0.25, 0.3) is 0 Å². The van der Waals surface area contributed by atoms with Gasteiger partial charge in [-0.2, -0.15) is 0 Å². The van der Waals surface area contributed by atoms with Crippen LogP contribution in [0.2, 0.25) is 0 Å². The van der Waals surface area contributed by atoms with Crippen LogP contribution in [-0.2, 0) is 0 Å². The van der Waals surface area contributed by atoms with Crippen LogP contribution in [0, 0.1) is 6.92 Å². The van der Waals surface area contributed by atoms with E-state index in [0.717, 1.165) is 11.4 Å². The summed E-state index contributed by atoms with van der Waals surface area (Å²) in [6.07, 6.45) is 9.48. The van der Waals surface area contributed by atoms with Crippen LogP contribution in [0.15, 0.2) is 6.33 Å². The molecule has 0 saturated heterocycles. The Kier molecular flexibility index (Phi) is 3.82. The fraction of sp³-hybridized carbons (Fsp3) is 0.692. The third-order valence-electron chi connectivity index (χ3n) is 3.80. The lowest BCUT2D eigenvalue weighted by Crippen LogP contribution is -2.32. The monoisotopic (exact) mass is 234 g/mol. The first kappa shape index (κ1) is 12.1. The second kappa shape index (κ2) is 5.34. The van der Waals surface area contributed by atoms with Crippen LogP contribution in [0.1, 0.15) is 44.1 Å². The van der Waals surface area contributed by atoms with Gasteiger partial charge in [0, 0.05) is 18.7 Å². The van der Waals surface area contributed by atoms with E-state index in [1.807, 2.05) is 6.92 Å². The van der Waals surface area contributed by atoms with Gasteiger partial charge < -0.3 is 10.6 Å². The summed E-state index contributed by atoms with van der Waals surface area (Å²) in [6, 6.07) is 0.602. The van der Waals surface area contributed by atoms with Crippen LogP contribution in [0.5, 0.6) is 0 Å². The second-order valence-corrected chi connectivity index (χ2v) is 4.96. The molecule has 1 aliphatic carbocycles. The number of hydrogen-bond donors (Lipinski definition) is 1. The molecule has 4 nitrogen and oxygen atoms in total. The molecule has 0 atom stereocenters. The molecule has 0 spiro atoms. The Bertz CT molecular complexity index is 370. The maximum atomic E-state index is 5.84. The molecule has 0 amide bonds. The van der Waals surface area contributed by atoms with Crippen molar-refractivity contribution >= 4 is 11.6 Å². The average Bonchev–Trinajstić information content (AvgIpc) is 2.60. The second-order valence-electron chi connectivity index (χ2n) is 4.96. The summed E-state index contributed by atoms with van der Waals surface area (Å²) >= 11 is 0. The van der Waals surface area contributed by atoms with Gasteiger partial charge in [0.05, 0.1) is 0 Å². The molecule has 17 heavy (non-hydrogen) atoms. The Morgan fingerprint density at radius 1 is 1.18 bits per heavy atom. The fourth-order valence-electron chi connectivity index (χ4n) is 2.63. The minimum absolute atomic E-state index is 0.593. The molecule has 0 aromatic carbocycles. The largest absolute Gasteiger partial charge is 0.383 e. The third-order valence-corrected chi connectivity index (χ3v) is 3.80. The first-order chi connectivity index (χ1) is 8.20. The first-order valence-corrected chi connectivity index (χ1v) is 6.50. The van der Waals surface area contributed by atoms with Crippen molar-refractivity contribution in [2.75, 3.05) is 17.7 Å². The molecule has 0 aliphatic heterocycles. The minimum Gasteiger partial charge on any atom is -0.383 e. The Labute approximate surface area is 103 Å². The van der Waals surface area contributed by atoms with E-state index in [4.69, 9.17) is 5.73 Å². The van der Waals surface area contributed by atoms with Crippen LogP contribution >= 0.6 is 0 Å². The van der Waals surface area contributed by atoms with Crippen molar-refractivity contribution in [3.05, 3.63) is 11.9 Å². The van der Waals surface area contributed by atoms with Crippen LogP contribution in [0.4, 0.5) is 11.6 Å². The molecule has 94 valence electrons. The van der Waals surface area contributed by atoms with E-state index in [9.17, 15) is 0 Å². The summed E-state index contributed by atoms with van der Waals surface area (Å²) in [4.78, 5) is 10.7. The van der Waals surface area contributed by atoms with E-state index in [1.165, 1.54) is 38.5 Å². The van der Waals surface area contributed by atoms with Gasteiger partial charge in [-0.25, -0.2) is 9.97 Å². The average molecular weight is 234 g/mol. The van der Waals surface area contributed by atoms with Crippen molar-refractivity contribution in [2.45, 2.75) is 51.5 Å². The minimum atomic E-state index is 0.593. The molecule has 4 heteroatoms. The lowest BCUT2D eigenvalue weighted by Gasteiger charge is -2.29. The van der Waals surface area contributed by atoms with Gasteiger partial charge in [0.25, 0.3) is 0 Å². The molecule has 0 bridgehead atoms. The van der Waals surface area contributed by atoms with Gasteiger partial charge in [0.15, 0.2) is 0 Å². The van der Waals surface area contributed by atoms with Crippen LogP contribution in [0.3, 0.4) is 0 Å². The Morgan fingerprint density at radius 2 is 1.82 bits per heavy atom. The standard InChI is InChI=1S/C13H22N4/c1-10-12(14)15-9-16-13(10)17(2)11-7-5-3-4-6-8-11/h9,11H,3-8H2,1-2H3,(H2,14,15,16). The first-order valence-electron chi connectivity index (χ1n) is 6.50. The quantitative estimate of drug-likeness (QED) is 0.799. The molecule has 1 aromatic rings. The predicted octanol–water partition coefficient (Wildman–Crippen LogP) is 2.53. The lowest BCUT2D eigenvalue weighted by molar-refractivity contribution is 0.548. The SMILES string of the molecule is Cc1c(N)ncnc1N(C)C1CCCCCC1. The fourth-order valence-corrected chi connectivity index (χ4v) is 2.63. The van der Waals surface area contributed by atoms with E-state index in [0.29, 0.717) is 11.9 Å². The van der Waals surface area contributed by atoms with Crippen molar-refractivity contribution < 1.29 is 0 Å². The summed E-state index contributed by atoms with van der Waals surface area (Å²) in [5.41, 5.74) is 6.84. The number of nitrogens with two attached hydrogens (primary N) is 1. The Hall–Kier alpha value is -1.32. The smallest absolute Gasteiger partial charge is 0.137 e. The van der Waals surface area contributed by atoms with Gasteiger partial charge in [0.1, 0.15) is 18.0 Å². The van der Waals surface area contributed by atoms with Crippen LogP contribution in [-0.4, -0.2) is 23.1 Å². The summed E-state index contributed by atoms with van der Waals surface area (Å²) < 4.78 is 0. The van der Waals surface area contributed by atoms with Gasteiger partial charge in [-0.3, -0.25) is 0 Å². The molecule has 1 aliphatic rings. The summed E-state index contributed by atoms with van der Waals surface area (Å²) in [7, 11) is 2.13. The molecular formula is C13H22N4. The van der Waals surface area contributed by atoms with E-state index in [1.54, 1.807) is 6.33 Å². The maximum Gasteiger partial charge on any atom is 0.137 e. The van der Waals surface area contributed by atoms with E-state index < -0.39 is 0 Å². The maximum absolute atomic E-state index is 5.84. The highest BCUT2D eigenvalue weighted by Crippen LogP contribution is 2.27. The molecule has 1 saturated carbocycles. The number of hydrogen-bond acceptors (Lipinski definition) is 4. The van der Waals surface area contributed by atoms with Crippen molar-refractivity contribution in [1.29, 1.82) is 0 Å². The van der Waals surface area contributed by atoms with Crippen molar-refractivity contribution in [2.24, 2.45) is 0 Å². The molecular weight excluding hydrogens is 212 g/mol. The Morgan fingerprint density at radius 3 is 2.47 bits per heavy atom. The lowest BCUT2D eigenvalue weighted by atomic mass is 10.1. The molecule has 1 fully saturated rings. The van der Waals surface area contributed by atoms with Gasteiger partial charge in [-0.05, 0) is 19.8 Å². The van der Waals surface area contributed by atoms with E-state index in [2.05, 4.69) is 21.9 Å². The molecule has 2 N–H and O–H groups in total. The topological polar surface area (TPSA) is 55.0 Å². The highest BCUT2D eigenvalue weighted by molar-refractivity contribution is 5.55. The number of rotatable bonds is 2. The normalized spacial score (nSPS) is 17.8. The zero-order valence-corrected chi connectivity index (χ0v) is 10.8. The highest BCUT2D eigenvalue weighted by Gasteiger charge is 2.20. The number of anilines is 2. The summed E-state index contributed by atoms with van der Waals surface area (Å²) in [5, 5.41) is 0. The zero-order chi connectivity index (χ0) is 12.3. The molecule has 0 radical (unpaired) electrons. The molecule has 1 heterocycles. The highest BCUT2D eigenvalue weighted by atomic mass is 15.2. The van der Waals surface area contributed by atoms with E-state index in [-0.39, 0.29) is 0 Å². The van der Waals surface area contributed by atoms with Gasteiger partial charge in [-0.1, -0.05) is 25.7 Å². The number of aromatic nitrogens is 2.